The Morgan fingerprint density at radius 1 is 1.50 bits per heavy atom. The van der Waals surface area contributed by atoms with Gasteiger partial charge in [-0.2, -0.15) is 0 Å². The van der Waals surface area contributed by atoms with Crippen LogP contribution in [0.15, 0.2) is 24.4 Å². The second-order valence-electron chi connectivity index (χ2n) is 4.55. The van der Waals surface area contributed by atoms with Crippen molar-refractivity contribution in [2.24, 2.45) is 0 Å². The lowest BCUT2D eigenvalue weighted by Gasteiger charge is -2.04. The molecule has 0 saturated carbocycles. The van der Waals surface area contributed by atoms with E-state index in [1.807, 2.05) is 13.8 Å². The lowest BCUT2D eigenvalue weighted by atomic mass is 10.2. The van der Waals surface area contributed by atoms with Gasteiger partial charge in [0, 0.05) is 18.7 Å². The molecule has 0 bridgehead atoms. The van der Waals surface area contributed by atoms with E-state index in [2.05, 4.69) is 15.6 Å². The maximum Gasteiger partial charge on any atom is 0.297 e. The number of aromatic nitrogens is 3. The van der Waals surface area contributed by atoms with Crippen LogP contribution in [-0.4, -0.2) is 26.0 Å². The molecular formula is C12H14FN5O2. The average molecular weight is 279 g/mol. The molecule has 0 aliphatic carbocycles. The third-order valence-electron chi connectivity index (χ3n) is 2.62. The van der Waals surface area contributed by atoms with Gasteiger partial charge in [-0.15, -0.1) is 5.10 Å². The predicted octanol–water partition coefficient (Wildman–Crippen LogP) is 1.81. The summed E-state index contributed by atoms with van der Waals surface area (Å²) in [5.41, 5.74) is 0.0234. The molecule has 0 aliphatic heterocycles. The summed E-state index contributed by atoms with van der Waals surface area (Å²) in [5.74, 6) is -0.715. The molecule has 0 radical (unpaired) electrons. The van der Waals surface area contributed by atoms with Crippen molar-refractivity contribution < 1.29 is 9.31 Å². The first-order valence-corrected chi connectivity index (χ1v) is 6.07. The Hall–Kier alpha value is -2.35. The van der Waals surface area contributed by atoms with Crippen molar-refractivity contribution in [3.63, 3.8) is 0 Å². The monoisotopic (exact) mass is 279 g/mol. The molecule has 2 aromatic rings. The highest BCUT2D eigenvalue weighted by atomic mass is 19.1. The molecule has 1 heterocycles. The minimum Gasteiger partial charge on any atom is -0.309 e. The van der Waals surface area contributed by atoms with Crippen LogP contribution < -0.4 is 5.32 Å². The van der Waals surface area contributed by atoms with Crippen LogP contribution in [0.5, 0.6) is 0 Å². The highest BCUT2D eigenvalue weighted by molar-refractivity contribution is 5.52. The average Bonchev–Trinajstić information content (AvgIpc) is 2.84. The normalized spacial score (nSPS) is 11.0. The molecule has 7 nitrogen and oxygen atoms in total. The summed E-state index contributed by atoms with van der Waals surface area (Å²) in [7, 11) is 0. The summed E-state index contributed by atoms with van der Waals surface area (Å²) < 4.78 is 14.9. The van der Waals surface area contributed by atoms with E-state index in [9.17, 15) is 14.5 Å². The zero-order chi connectivity index (χ0) is 14.7. The first-order valence-electron chi connectivity index (χ1n) is 6.07. The van der Waals surface area contributed by atoms with Gasteiger partial charge in [-0.1, -0.05) is 25.1 Å². The molecule has 0 spiro atoms. The minimum atomic E-state index is -0.715. The number of nitro benzene ring substituents is 1. The van der Waals surface area contributed by atoms with Crippen molar-refractivity contribution in [3.8, 4) is 5.69 Å². The molecule has 0 saturated heterocycles. The highest BCUT2D eigenvalue weighted by Crippen LogP contribution is 2.24. The first-order chi connectivity index (χ1) is 9.49. The van der Waals surface area contributed by atoms with E-state index in [4.69, 9.17) is 0 Å². The summed E-state index contributed by atoms with van der Waals surface area (Å²) in [6, 6.07) is 3.93. The van der Waals surface area contributed by atoms with Crippen molar-refractivity contribution >= 4 is 5.69 Å². The van der Waals surface area contributed by atoms with E-state index >= 15 is 0 Å². The smallest absolute Gasteiger partial charge is 0.297 e. The molecule has 2 rings (SSSR count). The maximum atomic E-state index is 13.8. The summed E-state index contributed by atoms with van der Waals surface area (Å²) >= 11 is 0. The fraction of sp³-hybridized carbons (Fsp3) is 0.333. The van der Waals surface area contributed by atoms with Crippen molar-refractivity contribution in [2.45, 2.75) is 26.4 Å². The van der Waals surface area contributed by atoms with Gasteiger partial charge in [0.25, 0.3) is 5.69 Å². The number of nitrogens with one attached hydrogen (secondary N) is 1. The summed E-state index contributed by atoms with van der Waals surface area (Å²) in [6.45, 7) is 4.41. The fourth-order valence-corrected chi connectivity index (χ4v) is 1.68. The molecule has 0 atom stereocenters. The Bertz CT molecular complexity index is 626. The molecule has 8 heteroatoms. The Morgan fingerprint density at radius 3 is 2.90 bits per heavy atom. The highest BCUT2D eigenvalue weighted by Gasteiger charge is 2.20. The Morgan fingerprint density at radius 2 is 2.25 bits per heavy atom. The number of hydrogen-bond acceptors (Lipinski definition) is 5. The quantitative estimate of drug-likeness (QED) is 0.666. The van der Waals surface area contributed by atoms with Crippen molar-refractivity contribution in [1.29, 1.82) is 0 Å². The van der Waals surface area contributed by atoms with E-state index in [1.54, 1.807) is 0 Å². The van der Waals surface area contributed by atoms with Crippen LogP contribution in [0.3, 0.4) is 0 Å². The SMILES string of the molecule is CC(C)NCc1cn(-c2c(F)cccc2[N+](=O)[O-])nn1. The Labute approximate surface area is 114 Å². The summed E-state index contributed by atoms with van der Waals surface area (Å²) in [4.78, 5) is 10.3. The zero-order valence-corrected chi connectivity index (χ0v) is 11.1. The van der Waals surface area contributed by atoms with Crippen LogP contribution in [-0.2, 0) is 6.54 Å². The van der Waals surface area contributed by atoms with Crippen molar-refractivity contribution in [3.05, 3.63) is 46.0 Å². The number of nitro groups is 1. The van der Waals surface area contributed by atoms with Crippen molar-refractivity contribution in [2.75, 3.05) is 0 Å². The van der Waals surface area contributed by atoms with E-state index in [-0.39, 0.29) is 17.4 Å². The third-order valence-corrected chi connectivity index (χ3v) is 2.62. The number of rotatable bonds is 5. The molecule has 1 aromatic carbocycles. The van der Waals surface area contributed by atoms with Crippen molar-refractivity contribution in [1.82, 2.24) is 20.3 Å². The molecule has 0 aliphatic rings. The molecule has 0 fully saturated rings. The van der Waals surface area contributed by atoms with Crippen LogP contribution in [0, 0.1) is 15.9 Å². The van der Waals surface area contributed by atoms with E-state index in [1.165, 1.54) is 18.3 Å². The van der Waals surface area contributed by atoms with Gasteiger partial charge in [-0.05, 0) is 6.07 Å². The molecular weight excluding hydrogens is 265 g/mol. The molecule has 0 amide bonds. The molecule has 20 heavy (non-hydrogen) atoms. The van der Waals surface area contributed by atoms with Crippen LogP contribution in [0.4, 0.5) is 10.1 Å². The van der Waals surface area contributed by atoms with Crippen LogP contribution >= 0.6 is 0 Å². The van der Waals surface area contributed by atoms with Gasteiger partial charge in [-0.3, -0.25) is 10.1 Å². The van der Waals surface area contributed by atoms with Gasteiger partial charge in [0.05, 0.1) is 16.8 Å². The number of hydrogen-bond donors (Lipinski definition) is 1. The number of benzene rings is 1. The van der Waals surface area contributed by atoms with Gasteiger partial charge < -0.3 is 5.32 Å². The second kappa shape index (κ2) is 5.74. The second-order valence-corrected chi connectivity index (χ2v) is 4.55. The fourth-order valence-electron chi connectivity index (χ4n) is 1.68. The molecule has 106 valence electrons. The van der Waals surface area contributed by atoms with Crippen LogP contribution in [0.1, 0.15) is 19.5 Å². The lowest BCUT2D eigenvalue weighted by Crippen LogP contribution is -2.21. The minimum absolute atomic E-state index is 0.208. The van der Waals surface area contributed by atoms with Gasteiger partial charge in [0.2, 0.25) is 0 Å². The van der Waals surface area contributed by atoms with E-state index in [0.717, 1.165) is 10.7 Å². The Balaban J connectivity index is 2.35. The standard InChI is InChI=1S/C12H14FN5O2/c1-8(2)14-6-9-7-17(16-15-9)12-10(13)4-3-5-11(12)18(19)20/h3-5,7-8,14H,6H2,1-2H3. The molecule has 1 N–H and O–H groups in total. The van der Waals surface area contributed by atoms with Crippen LogP contribution in [0.2, 0.25) is 0 Å². The van der Waals surface area contributed by atoms with Gasteiger partial charge in [0.1, 0.15) is 0 Å². The van der Waals surface area contributed by atoms with Crippen LogP contribution in [0.25, 0.3) is 5.69 Å². The lowest BCUT2D eigenvalue weighted by molar-refractivity contribution is -0.384. The zero-order valence-electron chi connectivity index (χ0n) is 11.1. The largest absolute Gasteiger partial charge is 0.309 e. The van der Waals surface area contributed by atoms with Gasteiger partial charge >= 0.3 is 0 Å². The number of halogens is 1. The third kappa shape index (κ3) is 2.97. The van der Waals surface area contributed by atoms with E-state index < -0.39 is 10.7 Å². The number of nitrogens with zero attached hydrogens (tertiary/aromatic N) is 4. The predicted molar refractivity (Wildman–Crippen MR) is 69.9 cm³/mol. The first kappa shape index (κ1) is 14.1. The topological polar surface area (TPSA) is 85.9 Å². The number of para-hydroxylation sites is 1. The summed E-state index contributed by atoms with van der Waals surface area (Å²) in [5, 5.41) is 21.7. The van der Waals surface area contributed by atoms with E-state index in [0.29, 0.717) is 12.2 Å². The van der Waals surface area contributed by atoms with Gasteiger partial charge in [0.15, 0.2) is 11.5 Å². The maximum absolute atomic E-state index is 13.8. The molecule has 1 aromatic heterocycles. The van der Waals surface area contributed by atoms with Gasteiger partial charge in [-0.25, -0.2) is 9.07 Å². The molecule has 0 unspecified atom stereocenters. The Kier molecular flexibility index (Phi) is 4.04. The summed E-state index contributed by atoms with van der Waals surface area (Å²) in [6.07, 6.45) is 1.47.